The standard InChI is InChI=1S/C20H17BrClN3O2/c21-14-6-8-16(9-7-14)25-19(26)17(22)18(20(25)27)24-12-10-23(11-13-24)15-4-2-1-3-5-15/h1-9H,10-13H2. The van der Waals surface area contributed by atoms with Gasteiger partial charge in [-0.15, -0.1) is 0 Å². The molecular formula is C20H17BrClN3O2. The number of anilines is 2. The molecule has 1 saturated heterocycles. The normalized spacial score (nSPS) is 17.9. The highest BCUT2D eigenvalue weighted by molar-refractivity contribution is 9.10. The van der Waals surface area contributed by atoms with Gasteiger partial charge in [0.2, 0.25) is 0 Å². The number of hydrogen-bond acceptors (Lipinski definition) is 4. The van der Waals surface area contributed by atoms with Crippen LogP contribution in [0.2, 0.25) is 0 Å². The zero-order chi connectivity index (χ0) is 19.0. The summed E-state index contributed by atoms with van der Waals surface area (Å²) >= 11 is 9.65. The van der Waals surface area contributed by atoms with Crippen molar-refractivity contribution < 1.29 is 9.59 Å². The summed E-state index contributed by atoms with van der Waals surface area (Å²) < 4.78 is 0.877. The Bertz CT molecular complexity index is 907. The van der Waals surface area contributed by atoms with Gasteiger partial charge < -0.3 is 9.80 Å². The van der Waals surface area contributed by atoms with Gasteiger partial charge in [-0.2, -0.15) is 0 Å². The zero-order valence-corrected chi connectivity index (χ0v) is 16.8. The molecule has 4 rings (SSSR count). The summed E-state index contributed by atoms with van der Waals surface area (Å²) in [6, 6.07) is 17.2. The maximum Gasteiger partial charge on any atom is 0.283 e. The second-order valence-electron chi connectivity index (χ2n) is 6.39. The molecule has 2 heterocycles. The highest BCUT2D eigenvalue weighted by atomic mass is 79.9. The van der Waals surface area contributed by atoms with Crippen LogP contribution in [0.1, 0.15) is 0 Å². The lowest BCUT2D eigenvalue weighted by Crippen LogP contribution is -2.47. The summed E-state index contributed by atoms with van der Waals surface area (Å²) in [6.45, 7) is 2.79. The van der Waals surface area contributed by atoms with Crippen LogP contribution in [0.5, 0.6) is 0 Å². The molecule has 0 aliphatic carbocycles. The molecule has 2 aromatic rings. The molecule has 27 heavy (non-hydrogen) atoms. The highest BCUT2D eigenvalue weighted by Crippen LogP contribution is 2.32. The Kier molecular flexibility index (Phi) is 4.93. The quantitative estimate of drug-likeness (QED) is 0.676. The summed E-state index contributed by atoms with van der Waals surface area (Å²) in [5, 5.41) is -0.00363. The van der Waals surface area contributed by atoms with Crippen LogP contribution in [-0.4, -0.2) is 42.9 Å². The minimum atomic E-state index is -0.468. The fraction of sp³-hybridized carbons (Fsp3) is 0.200. The first-order chi connectivity index (χ1) is 13.1. The van der Waals surface area contributed by atoms with Crippen molar-refractivity contribution in [3.8, 4) is 0 Å². The van der Waals surface area contributed by atoms with E-state index in [-0.39, 0.29) is 10.9 Å². The van der Waals surface area contributed by atoms with Gasteiger partial charge in [0.05, 0.1) is 5.69 Å². The Hall–Kier alpha value is -2.31. The number of carbonyl (C=O) groups excluding carboxylic acids is 2. The van der Waals surface area contributed by atoms with E-state index < -0.39 is 5.91 Å². The molecule has 2 aliphatic heterocycles. The van der Waals surface area contributed by atoms with Crippen molar-refractivity contribution in [3.63, 3.8) is 0 Å². The van der Waals surface area contributed by atoms with Crippen molar-refractivity contribution in [2.24, 2.45) is 0 Å². The number of nitrogens with zero attached hydrogens (tertiary/aromatic N) is 3. The van der Waals surface area contributed by atoms with Gasteiger partial charge in [-0.05, 0) is 36.4 Å². The summed E-state index contributed by atoms with van der Waals surface area (Å²) in [4.78, 5) is 30.9. The monoisotopic (exact) mass is 445 g/mol. The maximum absolute atomic E-state index is 13.0. The van der Waals surface area contributed by atoms with E-state index in [9.17, 15) is 9.59 Å². The second-order valence-corrected chi connectivity index (χ2v) is 7.69. The lowest BCUT2D eigenvalue weighted by molar-refractivity contribution is -0.121. The topological polar surface area (TPSA) is 43.9 Å². The average Bonchev–Trinajstić information content (AvgIpc) is 2.92. The highest BCUT2D eigenvalue weighted by Gasteiger charge is 2.41. The Balaban J connectivity index is 1.51. The molecule has 0 bridgehead atoms. The Morgan fingerprint density at radius 3 is 1.96 bits per heavy atom. The van der Waals surface area contributed by atoms with Crippen LogP contribution in [0.25, 0.3) is 0 Å². The Labute approximate surface area is 170 Å². The summed E-state index contributed by atoms with van der Waals surface area (Å²) in [6.07, 6.45) is 0. The number of benzene rings is 2. The van der Waals surface area contributed by atoms with Crippen molar-refractivity contribution in [2.45, 2.75) is 0 Å². The lowest BCUT2D eigenvalue weighted by atomic mass is 10.2. The van der Waals surface area contributed by atoms with E-state index in [1.165, 1.54) is 0 Å². The lowest BCUT2D eigenvalue weighted by Gasteiger charge is -2.37. The summed E-state index contributed by atoms with van der Waals surface area (Å²) in [7, 11) is 0. The van der Waals surface area contributed by atoms with Crippen LogP contribution in [0.4, 0.5) is 11.4 Å². The molecule has 0 atom stereocenters. The van der Waals surface area contributed by atoms with Crippen molar-refractivity contribution in [1.82, 2.24) is 4.90 Å². The zero-order valence-electron chi connectivity index (χ0n) is 14.4. The number of hydrogen-bond donors (Lipinski definition) is 0. The van der Waals surface area contributed by atoms with E-state index >= 15 is 0 Å². The predicted molar refractivity (Wildman–Crippen MR) is 110 cm³/mol. The van der Waals surface area contributed by atoms with Gasteiger partial charge in [0.15, 0.2) is 0 Å². The number of amides is 2. The maximum atomic E-state index is 13.0. The SMILES string of the molecule is O=C1C(Cl)=C(N2CCN(c3ccccc3)CC2)C(=O)N1c1ccc(Br)cc1. The largest absolute Gasteiger partial charge is 0.368 e. The van der Waals surface area contributed by atoms with Gasteiger partial charge in [-0.25, -0.2) is 4.90 Å². The van der Waals surface area contributed by atoms with Gasteiger partial charge in [0.25, 0.3) is 11.8 Å². The molecular weight excluding hydrogens is 430 g/mol. The molecule has 0 aromatic heterocycles. The molecule has 7 heteroatoms. The molecule has 5 nitrogen and oxygen atoms in total. The van der Waals surface area contributed by atoms with Crippen molar-refractivity contribution in [2.75, 3.05) is 36.0 Å². The third-order valence-electron chi connectivity index (χ3n) is 4.81. The number of para-hydroxylation sites is 1. The van der Waals surface area contributed by atoms with Crippen molar-refractivity contribution in [3.05, 3.63) is 69.8 Å². The average molecular weight is 447 g/mol. The summed E-state index contributed by atoms with van der Waals surface area (Å²) in [5.41, 5.74) is 1.98. The minimum absolute atomic E-state index is 0.00363. The van der Waals surface area contributed by atoms with Gasteiger partial charge in [-0.1, -0.05) is 45.7 Å². The number of piperazine rings is 1. The first-order valence-corrected chi connectivity index (χ1v) is 9.82. The third-order valence-corrected chi connectivity index (χ3v) is 5.68. The van der Waals surface area contributed by atoms with E-state index in [4.69, 9.17) is 11.6 Å². The summed E-state index contributed by atoms with van der Waals surface area (Å²) in [5.74, 6) is -0.829. The first-order valence-electron chi connectivity index (χ1n) is 8.65. The van der Waals surface area contributed by atoms with E-state index in [0.29, 0.717) is 24.5 Å². The molecule has 2 aliphatic rings. The number of imide groups is 1. The number of halogens is 2. The molecule has 0 saturated carbocycles. The fourth-order valence-electron chi connectivity index (χ4n) is 3.42. The van der Waals surface area contributed by atoms with E-state index in [2.05, 4.69) is 33.0 Å². The van der Waals surface area contributed by atoms with E-state index in [0.717, 1.165) is 28.1 Å². The minimum Gasteiger partial charge on any atom is -0.368 e. The molecule has 0 spiro atoms. The van der Waals surface area contributed by atoms with E-state index in [1.54, 1.807) is 24.3 Å². The molecule has 2 amide bonds. The smallest absolute Gasteiger partial charge is 0.283 e. The second kappa shape index (κ2) is 7.37. The van der Waals surface area contributed by atoms with Gasteiger partial charge in [0, 0.05) is 36.3 Å². The molecule has 2 aromatic carbocycles. The van der Waals surface area contributed by atoms with Crippen LogP contribution in [-0.2, 0) is 9.59 Å². The predicted octanol–water partition coefficient (Wildman–Crippen LogP) is 3.59. The van der Waals surface area contributed by atoms with Crippen LogP contribution in [0.15, 0.2) is 69.8 Å². The molecule has 0 unspecified atom stereocenters. The molecule has 1 fully saturated rings. The van der Waals surface area contributed by atoms with Crippen molar-refractivity contribution in [1.29, 1.82) is 0 Å². The van der Waals surface area contributed by atoms with Crippen LogP contribution in [0.3, 0.4) is 0 Å². The Morgan fingerprint density at radius 2 is 1.33 bits per heavy atom. The fourth-order valence-corrected chi connectivity index (χ4v) is 3.97. The van der Waals surface area contributed by atoms with Crippen LogP contribution < -0.4 is 9.80 Å². The van der Waals surface area contributed by atoms with Gasteiger partial charge in [0.1, 0.15) is 10.7 Å². The van der Waals surface area contributed by atoms with E-state index in [1.807, 2.05) is 23.1 Å². The van der Waals surface area contributed by atoms with Crippen LogP contribution in [0, 0.1) is 0 Å². The third kappa shape index (κ3) is 3.35. The molecule has 0 radical (unpaired) electrons. The van der Waals surface area contributed by atoms with Crippen LogP contribution >= 0.6 is 27.5 Å². The van der Waals surface area contributed by atoms with Gasteiger partial charge >= 0.3 is 0 Å². The number of rotatable bonds is 3. The van der Waals surface area contributed by atoms with Crippen molar-refractivity contribution >= 4 is 50.7 Å². The number of carbonyl (C=O) groups is 2. The first kappa shape index (κ1) is 18.1. The Morgan fingerprint density at radius 1 is 0.741 bits per heavy atom. The van der Waals surface area contributed by atoms with Gasteiger partial charge in [-0.3, -0.25) is 9.59 Å². The molecule has 0 N–H and O–H groups in total. The molecule has 138 valence electrons.